The number of hydrogen-bond donors (Lipinski definition) is 2. The zero-order chi connectivity index (χ0) is 11.5. The first-order valence-electron chi connectivity index (χ1n) is 5.08. The molecule has 1 aromatic carbocycles. The van der Waals surface area contributed by atoms with E-state index in [-0.39, 0.29) is 0 Å². The minimum Gasteiger partial charge on any atom is -0.398 e. The van der Waals surface area contributed by atoms with Crippen molar-refractivity contribution >= 4 is 5.69 Å². The quantitative estimate of drug-likeness (QED) is 0.742. The molecule has 0 aliphatic rings. The zero-order valence-electron chi connectivity index (χ0n) is 9.14. The zero-order valence-corrected chi connectivity index (χ0v) is 9.14. The molecule has 0 aliphatic heterocycles. The summed E-state index contributed by atoms with van der Waals surface area (Å²) >= 11 is 0. The summed E-state index contributed by atoms with van der Waals surface area (Å²) in [6.07, 6.45) is 3.55. The van der Waals surface area contributed by atoms with Crippen molar-refractivity contribution in [3.05, 3.63) is 41.7 Å². The largest absolute Gasteiger partial charge is 0.398 e. The van der Waals surface area contributed by atoms with Crippen LogP contribution in [-0.4, -0.2) is 9.97 Å². The minimum atomic E-state index is 0.485. The molecule has 4 N–H and O–H groups in total. The van der Waals surface area contributed by atoms with Crippen LogP contribution < -0.4 is 11.5 Å². The van der Waals surface area contributed by atoms with Gasteiger partial charge in [-0.05, 0) is 30.2 Å². The van der Waals surface area contributed by atoms with Gasteiger partial charge < -0.3 is 11.5 Å². The molecule has 0 amide bonds. The molecule has 2 aromatic rings. The van der Waals surface area contributed by atoms with Crippen molar-refractivity contribution in [2.45, 2.75) is 13.5 Å². The lowest BCUT2D eigenvalue weighted by molar-refractivity contribution is 1.07. The second kappa shape index (κ2) is 4.28. The van der Waals surface area contributed by atoms with Crippen LogP contribution in [0.5, 0.6) is 0 Å². The van der Waals surface area contributed by atoms with Crippen molar-refractivity contribution in [3.8, 4) is 11.4 Å². The van der Waals surface area contributed by atoms with E-state index in [1.807, 2.05) is 25.1 Å². The van der Waals surface area contributed by atoms with Gasteiger partial charge in [-0.2, -0.15) is 0 Å². The van der Waals surface area contributed by atoms with Crippen LogP contribution in [0.25, 0.3) is 11.4 Å². The molecule has 0 fully saturated rings. The van der Waals surface area contributed by atoms with Crippen LogP contribution >= 0.6 is 0 Å². The summed E-state index contributed by atoms with van der Waals surface area (Å²) < 4.78 is 0. The Morgan fingerprint density at radius 1 is 1.19 bits per heavy atom. The lowest BCUT2D eigenvalue weighted by Gasteiger charge is -2.06. The van der Waals surface area contributed by atoms with Gasteiger partial charge in [0.1, 0.15) is 0 Å². The molecule has 0 bridgehead atoms. The first-order valence-corrected chi connectivity index (χ1v) is 5.08. The summed E-state index contributed by atoms with van der Waals surface area (Å²) in [5.41, 5.74) is 15.0. The summed E-state index contributed by atoms with van der Waals surface area (Å²) in [6.45, 7) is 2.43. The summed E-state index contributed by atoms with van der Waals surface area (Å²) in [7, 11) is 0. The van der Waals surface area contributed by atoms with Gasteiger partial charge in [-0.15, -0.1) is 0 Å². The van der Waals surface area contributed by atoms with Crippen molar-refractivity contribution in [3.63, 3.8) is 0 Å². The second-order valence-corrected chi connectivity index (χ2v) is 3.71. The van der Waals surface area contributed by atoms with E-state index in [4.69, 9.17) is 11.5 Å². The van der Waals surface area contributed by atoms with Crippen molar-refractivity contribution in [2.24, 2.45) is 5.73 Å². The Kier molecular flexibility index (Phi) is 2.83. The third-order valence-corrected chi connectivity index (χ3v) is 2.38. The summed E-state index contributed by atoms with van der Waals surface area (Å²) in [6, 6.07) is 5.67. The average molecular weight is 214 g/mol. The second-order valence-electron chi connectivity index (χ2n) is 3.71. The third kappa shape index (κ3) is 2.01. The van der Waals surface area contributed by atoms with E-state index in [0.717, 1.165) is 16.7 Å². The topological polar surface area (TPSA) is 77.8 Å². The number of rotatable bonds is 2. The van der Waals surface area contributed by atoms with Gasteiger partial charge in [0.2, 0.25) is 0 Å². The van der Waals surface area contributed by atoms with Crippen LogP contribution in [0.3, 0.4) is 0 Å². The van der Waals surface area contributed by atoms with Gasteiger partial charge >= 0.3 is 0 Å². The normalized spacial score (nSPS) is 10.4. The molecule has 4 nitrogen and oxygen atoms in total. The van der Waals surface area contributed by atoms with Crippen LogP contribution in [0.4, 0.5) is 5.69 Å². The van der Waals surface area contributed by atoms with E-state index in [0.29, 0.717) is 18.1 Å². The summed E-state index contributed by atoms with van der Waals surface area (Å²) in [4.78, 5) is 8.51. The van der Waals surface area contributed by atoms with E-state index < -0.39 is 0 Å². The smallest absolute Gasteiger partial charge is 0.161 e. The predicted molar refractivity (Wildman–Crippen MR) is 64.5 cm³/mol. The highest BCUT2D eigenvalue weighted by Gasteiger charge is 2.06. The summed E-state index contributed by atoms with van der Waals surface area (Å²) in [5, 5.41) is 0. The highest BCUT2D eigenvalue weighted by atomic mass is 14.9. The SMILES string of the molecule is Cc1cnc(-c2cc(CN)ccc2N)nc1. The molecule has 0 radical (unpaired) electrons. The minimum absolute atomic E-state index is 0.485. The van der Waals surface area contributed by atoms with Crippen molar-refractivity contribution < 1.29 is 0 Å². The predicted octanol–water partition coefficient (Wildman–Crippen LogP) is 1.49. The molecule has 4 heteroatoms. The van der Waals surface area contributed by atoms with Crippen molar-refractivity contribution in [1.82, 2.24) is 9.97 Å². The standard InChI is InChI=1S/C12H14N4/c1-8-6-15-12(16-7-8)10-4-9(5-13)2-3-11(10)14/h2-4,6-7H,5,13-14H2,1H3. The number of nitrogen functional groups attached to an aromatic ring is 1. The van der Waals surface area contributed by atoms with Gasteiger partial charge in [-0.3, -0.25) is 0 Å². The number of nitrogens with two attached hydrogens (primary N) is 2. The van der Waals surface area contributed by atoms with Crippen LogP contribution in [0.15, 0.2) is 30.6 Å². The number of hydrogen-bond acceptors (Lipinski definition) is 4. The molecule has 0 saturated heterocycles. The number of aromatic nitrogens is 2. The van der Waals surface area contributed by atoms with E-state index in [1.54, 1.807) is 12.4 Å². The molecule has 82 valence electrons. The van der Waals surface area contributed by atoms with Gasteiger partial charge in [-0.25, -0.2) is 9.97 Å². The Bertz CT molecular complexity index is 491. The van der Waals surface area contributed by atoms with Gasteiger partial charge in [0, 0.05) is 30.2 Å². The Morgan fingerprint density at radius 2 is 1.88 bits per heavy atom. The molecule has 16 heavy (non-hydrogen) atoms. The van der Waals surface area contributed by atoms with E-state index in [9.17, 15) is 0 Å². The Balaban J connectivity index is 2.50. The van der Waals surface area contributed by atoms with E-state index in [2.05, 4.69) is 9.97 Å². The average Bonchev–Trinajstić information content (AvgIpc) is 2.31. The highest BCUT2D eigenvalue weighted by molar-refractivity contribution is 5.72. The van der Waals surface area contributed by atoms with E-state index >= 15 is 0 Å². The van der Waals surface area contributed by atoms with Gasteiger partial charge in [0.15, 0.2) is 5.82 Å². The van der Waals surface area contributed by atoms with Gasteiger partial charge in [0.05, 0.1) is 0 Å². The lowest BCUT2D eigenvalue weighted by atomic mass is 10.1. The molecular weight excluding hydrogens is 200 g/mol. The first-order chi connectivity index (χ1) is 7.70. The Hall–Kier alpha value is -1.94. The number of nitrogens with zero attached hydrogens (tertiary/aromatic N) is 2. The Labute approximate surface area is 94.3 Å². The number of anilines is 1. The van der Waals surface area contributed by atoms with Crippen LogP contribution in [0.1, 0.15) is 11.1 Å². The molecule has 0 aliphatic carbocycles. The molecule has 0 atom stereocenters. The van der Waals surface area contributed by atoms with E-state index in [1.165, 1.54) is 0 Å². The molecule has 0 unspecified atom stereocenters. The fourth-order valence-corrected chi connectivity index (χ4v) is 1.46. The van der Waals surface area contributed by atoms with Crippen molar-refractivity contribution in [2.75, 3.05) is 5.73 Å². The fraction of sp³-hybridized carbons (Fsp3) is 0.167. The maximum absolute atomic E-state index is 5.89. The number of benzene rings is 1. The highest BCUT2D eigenvalue weighted by Crippen LogP contribution is 2.23. The van der Waals surface area contributed by atoms with Gasteiger partial charge in [-0.1, -0.05) is 6.07 Å². The van der Waals surface area contributed by atoms with Crippen LogP contribution in [0, 0.1) is 6.92 Å². The number of aryl methyl sites for hydroxylation is 1. The maximum Gasteiger partial charge on any atom is 0.161 e. The monoisotopic (exact) mass is 214 g/mol. The first kappa shape index (κ1) is 10.6. The fourth-order valence-electron chi connectivity index (χ4n) is 1.46. The molecule has 2 rings (SSSR count). The molecule has 1 aromatic heterocycles. The third-order valence-electron chi connectivity index (χ3n) is 2.38. The van der Waals surface area contributed by atoms with Crippen LogP contribution in [0.2, 0.25) is 0 Å². The summed E-state index contributed by atoms with van der Waals surface area (Å²) in [5.74, 6) is 0.637. The lowest BCUT2D eigenvalue weighted by Crippen LogP contribution is -2.00. The molecule has 0 spiro atoms. The molecule has 1 heterocycles. The van der Waals surface area contributed by atoms with Gasteiger partial charge in [0.25, 0.3) is 0 Å². The van der Waals surface area contributed by atoms with Crippen molar-refractivity contribution in [1.29, 1.82) is 0 Å². The maximum atomic E-state index is 5.89. The van der Waals surface area contributed by atoms with Crippen LogP contribution in [-0.2, 0) is 6.54 Å². The molecule has 0 saturated carbocycles. The Morgan fingerprint density at radius 3 is 2.50 bits per heavy atom. The molecular formula is C12H14N4.